The van der Waals surface area contributed by atoms with Crippen molar-refractivity contribution in [1.29, 1.82) is 0 Å². The van der Waals surface area contributed by atoms with Gasteiger partial charge in [0.05, 0.1) is 18.7 Å². The lowest BCUT2D eigenvalue weighted by atomic mass is 9.96. The molecule has 1 aromatic heterocycles. The van der Waals surface area contributed by atoms with Gasteiger partial charge in [-0.15, -0.1) is 0 Å². The first-order chi connectivity index (χ1) is 7.63. The molecule has 1 aromatic rings. The summed E-state index contributed by atoms with van der Waals surface area (Å²) in [5, 5.41) is 6.35. The molecule has 90 valence electrons. The maximum atomic E-state index is 11.8. The largest absolute Gasteiger partial charge is 0.360 e. The molecule has 0 aliphatic carbocycles. The minimum atomic E-state index is -0.122. The van der Waals surface area contributed by atoms with Gasteiger partial charge in [-0.1, -0.05) is 19.0 Å². The molecule has 1 atom stereocenters. The molecule has 1 heterocycles. The number of nitrogens with zero attached hydrogens (tertiary/aromatic N) is 1. The Labute approximate surface area is 95.4 Å². The fraction of sp³-hybridized carbons (Fsp3) is 0.636. The lowest BCUT2D eigenvalue weighted by Crippen LogP contribution is -2.35. The van der Waals surface area contributed by atoms with Gasteiger partial charge in [0.1, 0.15) is 0 Å². The Balaban J connectivity index is 2.37. The molecule has 5 heteroatoms. The molecule has 0 bridgehead atoms. The maximum absolute atomic E-state index is 11.8. The van der Waals surface area contributed by atoms with E-state index in [0.29, 0.717) is 24.8 Å². The van der Waals surface area contributed by atoms with Gasteiger partial charge in [0.15, 0.2) is 5.76 Å². The van der Waals surface area contributed by atoms with E-state index in [9.17, 15) is 4.79 Å². The highest BCUT2D eigenvalue weighted by molar-refractivity contribution is 5.78. The third-order valence-electron chi connectivity index (χ3n) is 2.34. The highest BCUT2D eigenvalue weighted by Crippen LogP contribution is 2.10. The topological polar surface area (TPSA) is 81.2 Å². The van der Waals surface area contributed by atoms with Crippen LogP contribution in [0.1, 0.15) is 26.0 Å². The molecule has 0 spiro atoms. The van der Waals surface area contributed by atoms with Crippen molar-refractivity contribution < 1.29 is 9.32 Å². The summed E-state index contributed by atoms with van der Waals surface area (Å²) >= 11 is 0. The van der Waals surface area contributed by atoms with Crippen molar-refractivity contribution >= 4 is 5.91 Å². The lowest BCUT2D eigenvalue weighted by molar-refractivity contribution is -0.125. The van der Waals surface area contributed by atoms with Crippen LogP contribution in [0.4, 0.5) is 0 Å². The zero-order valence-electron chi connectivity index (χ0n) is 9.77. The van der Waals surface area contributed by atoms with Crippen LogP contribution in [0.5, 0.6) is 0 Å². The van der Waals surface area contributed by atoms with Crippen LogP contribution in [0.3, 0.4) is 0 Å². The van der Waals surface area contributed by atoms with E-state index >= 15 is 0 Å². The number of nitrogens with two attached hydrogens (primary N) is 1. The van der Waals surface area contributed by atoms with Gasteiger partial charge < -0.3 is 15.6 Å². The zero-order valence-corrected chi connectivity index (χ0v) is 9.77. The van der Waals surface area contributed by atoms with Crippen molar-refractivity contribution in [3.63, 3.8) is 0 Å². The molecule has 0 saturated carbocycles. The average Bonchev–Trinajstić information content (AvgIpc) is 2.75. The molecule has 0 saturated heterocycles. The zero-order chi connectivity index (χ0) is 12.0. The Morgan fingerprint density at radius 1 is 1.62 bits per heavy atom. The Morgan fingerprint density at radius 2 is 2.38 bits per heavy atom. The number of amides is 1. The molecule has 1 rings (SSSR count). The summed E-state index contributed by atoms with van der Waals surface area (Å²) in [7, 11) is 0. The first kappa shape index (κ1) is 12.7. The van der Waals surface area contributed by atoms with E-state index < -0.39 is 0 Å². The summed E-state index contributed by atoms with van der Waals surface area (Å²) < 4.78 is 4.88. The maximum Gasteiger partial charge on any atom is 0.224 e. The van der Waals surface area contributed by atoms with E-state index in [-0.39, 0.29) is 11.8 Å². The molecule has 0 aliphatic rings. The molecular weight excluding hydrogens is 206 g/mol. The number of aromatic nitrogens is 1. The summed E-state index contributed by atoms with van der Waals surface area (Å²) in [6.07, 6.45) is 2.36. The van der Waals surface area contributed by atoms with Crippen LogP contribution < -0.4 is 11.1 Å². The van der Waals surface area contributed by atoms with E-state index in [2.05, 4.69) is 24.3 Å². The lowest BCUT2D eigenvalue weighted by Gasteiger charge is -2.16. The summed E-state index contributed by atoms with van der Waals surface area (Å²) in [5.74, 6) is 0.966. The molecule has 0 aliphatic heterocycles. The van der Waals surface area contributed by atoms with E-state index in [4.69, 9.17) is 10.3 Å². The van der Waals surface area contributed by atoms with E-state index in [1.807, 2.05) is 0 Å². The average molecular weight is 225 g/mol. The number of rotatable bonds is 6. The minimum absolute atomic E-state index is 0.0207. The number of hydrogen-bond donors (Lipinski definition) is 2. The number of hydrogen-bond acceptors (Lipinski definition) is 4. The number of nitrogens with one attached hydrogen (secondary N) is 1. The Hall–Kier alpha value is -1.36. The third kappa shape index (κ3) is 4.02. The molecule has 5 nitrogen and oxygen atoms in total. The molecule has 0 fully saturated rings. The van der Waals surface area contributed by atoms with E-state index in [1.54, 1.807) is 12.3 Å². The summed E-state index contributed by atoms with van der Waals surface area (Å²) in [6.45, 7) is 4.90. The van der Waals surface area contributed by atoms with Gasteiger partial charge in [-0.3, -0.25) is 4.79 Å². The SMILES string of the molecule is CC(C)CC(CN)C(=O)NCc1ccno1. The Morgan fingerprint density at radius 3 is 2.88 bits per heavy atom. The van der Waals surface area contributed by atoms with Crippen molar-refractivity contribution in [3.8, 4) is 0 Å². The standard InChI is InChI=1S/C11H19N3O2/c1-8(2)5-9(6-12)11(15)13-7-10-3-4-14-16-10/h3-4,8-9H,5-7,12H2,1-2H3,(H,13,15). The summed E-state index contributed by atoms with van der Waals surface area (Å²) in [5.41, 5.74) is 5.57. The molecule has 1 unspecified atom stereocenters. The highest BCUT2D eigenvalue weighted by Gasteiger charge is 2.17. The van der Waals surface area contributed by atoms with Crippen LogP contribution in [-0.4, -0.2) is 17.6 Å². The minimum Gasteiger partial charge on any atom is -0.360 e. The van der Waals surface area contributed by atoms with Crippen molar-refractivity contribution in [2.45, 2.75) is 26.8 Å². The van der Waals surface area contributed by atoms with E-state index in [0.717, 1.165) is 6.42 Å². The van der Waals surface area contributed by atoms with Crippen LogP contribution in [0.25, 0.3) is 0 Å². The Kier molecular flexibility index (Phi) is 4.98. The fourth-order valence-electron chi connectivity index (χ4n) is 1.53. The summed E-state index contributed by atoms with van der Waals surface area (Å²) in [4.78, 5) is 11.8. The second-order valence-electron chi connectivity index (χ2n) is 4.26. The Bertz CT molecular complexity index is 309. The first-order valence-electron chi connectivity index (χ1n) is 5.50. The molecule has 0 radical (unpaired) electrons. The van der Waals surface area contributed by atoms with Gasteiger partial charge in [0, 0.05) is 12.6 Å². The third-order valence-corrected chi connectivity index (χ3v) is 2.34. The van der Waals surface area contributed by atoms with Crippen LogP contribution >= 0.6 is 0 Å². The van der Waals surface area contributed by atoms with Crippen LogP contribution in [0.15, 0.2) is 16.8 Å². The van der Waals surface area contributed by atoms with Gasteiger partial charge >= 0.3 is 0 Å². The van der Waals surface area contributed by atoms with Crippen molar-refractivity contribution in [1.82, 2.24) is 10.5 Å². The predicted molar refractivity (Wildman–Crippen MR) is 60.3 cm³/mol. The second kappa shape index (κ2) is 6.27. The molecular formula is C11H19N3O2. The first-order valence-corrected chi connectivity index (χ1v) is 5.50. The molecule has 3 N–H and O–H groups in total. The van der Waals surface area contributed by atoms with Gasteiger partial charge in [-0.2, -0.15) is 0 Å². The van der Waals surface area contributed by atoms with Crippen LogP contribution in [0.2, 0.25) is 0 Å². The van der Waals surface area contributed by atoms with Gasteiger partial charge in [-0.25, -0.2) is 0 Å². The number of carbonyl (C=O) groups is 1. The van der Waals surface area contributed by atoms with Gasteiger partial charge in [0.25, 0.3) is 0 Å². The number of carbonyl (C=O) groups excluding carboxylic acids is 1. The van der Waals surface area contributed by atoms with Crippen molar-refractivity contribution in [2.75, 3.05) is 6.54 Å². The smallest absolute Gasteiger partial charge is 0.224 e. The van der Waals surface area contributed by atoms with Crippen molar-refractivity contribution in [3.05, 3.63) is 18.0 Å². The molecule has 16 heavy (non-hydrogen) atoms. The molecule has 1 amide bonds. The second-order valence-corrected chi connectivity index (χ2v) is 4.26. The highest BCUT2D eigenvalue weighted by atomic mass is 16.5. The normalized spacial score (nSPS) is 12.8. The summed E-state index contributed by atoms with van der Waals surface area (Å²) in [6, 6.07) is 1.72. The molecule has 0 aromatic carbocycles. The van der Waals surface area contributed by atoms with Crippen molar-refractivity contribution in [2.24, 2.45) is 17.6 Å². The van der Waals surface area contributed by atoms with Gasteiger partial charge in [0.2, 0.25) is 5.91 Å². The predicted octanol–water partition coefficient (Wildman–Crippen LogP) is 0.912. The monoisotopic (exact) mass is 225 g/mol. The quantitative estimate of drug-likeness (QED) is 0.754. The van der Waals surface area contributed by atoms with E-state index in [1.165, 1.54) is 0 Å². The van der Waals surface area contributed by atoms with Gasteiger partial charge in [-0.05, 0) is 12.3 Å². The van der Waals surface area contributed by atoms with Crippen LogP contribution in [-0.2, 0) is 11.3 Å². The van der Waals surface area contributed by atoms with Crippen LogP contribution in [0, 0.1) is 11.8 Å². The fourth-order valence-corrected chi connectivity index (χ4v) is 1.53.